The monoisotopic (exact) mass is 322 g/mol. The number of hydrogen-bond acceptors (Lipinski definition) is 3. The first-order chi connectivity index (χ1) is 10.1. The van der Waals surface area contributed by atoms with E-state index in [-0.39, 0.29) is 12.8 Å². The van der Waals surface area contributed by atoms with E-state index < -0.39 is 8.80 Å². The highest BCUT2D eigenvalue weighted by molar-refractivity contribution is 6.60. The highest BCUT2D eigenvalue weighted by atomic mass is 28.4. The molecule has 21 heavy (non-hydrogen) atoms. The summed E-state index contributed by atoms with van der Waals surface area (Å²) in [4.78, 5) is 0. The van der Waals surface area contributed by atoms with Gasteiger partial charge in [-0.2, -0.15) is 0 Å². The van der Waals surface area contributed by atoms with Crippen LogP contribution in [0.25, 0.3) is 0 Å². The van der Waals surface area contributed by atoms with Gasteiger partial charge in [-0.05, 0) is 33.6 Å². The third kappa shape index (κ3) is 10.4. The molecule has 0 aliphatic heterocycles. The van der Waals surface area contributed by atoms with Gasteiger partial charge in [0, 0.05) is 25.4 Å². The van der Waals surface area contributed by atoms with Crippen LogP contribution in [0.4, 0.5) is 4.39 Å². The summed E-state index contributed by atoms with van der Waals surface area (Å²) < 4.78 is 30.0. The zero-order chi connectivity index (χ0) is 16.0. The van der Waals surface area contributed by atoms with E-state index in [4.69, 9.17) is 13.3 Å². The van der Waals surface area contributed by atoms with Crippen LogP contribution in [0.1, 0.15) is 72.6 Å². The normalized spacial score (nSPS) is 13.6. The zero-order valence-electron chi connectivity index (χ0n) is 14.5. The molecule has 0 aliphatic carbocycles. The second-order valence-corrected chi connectivity index (χ2v) is 8.15. The number of hydrogen-bond donors (Lipinski definition) is 0. The van der Waals surface area contributed by atoms with E-state index in [0.717, 1.165) is 44.6 Å². The van der Waals surface area contributed by atoms with Crippen molar-refractivity contribution < 1.29 is 17.7 Å². The van der Waals surface area contributed by atoms with Crippen molar-refractivity contribution in [2.45, 2.75) is 84.8 Å². The Kier molecular flexibility index (Phi) is 13.7. The predicted molar refractivity (Wildman–Crippen MR) is 88.3 cm³/mol. The molecule has 0 amide bonds. The fraction of sp³-hybridized carbons (Fsp3) is 1.00. The molecule has 3 nitrogen and oxygen atoms in total. The molecule has 0 radical (unpaired) electrons. The number of halogens is 1. The third-order valence-corrected chi connectivity index (χ3v) is 6.74. The topological polar surface area (TPSA) is 27.7 Å². The SMILES string of the molecule is CCC[Si](OCC)(OCC)OC(C)CCCCCCCF. The Morgan fingerprint density at radius 2 is 1.48 bits per heavy atom. The molecule has 0 saturated heterocycles. The molecular weight excluding hydrogens is 287 g/mol. The van der Waals surface area contributed by atoms with Gasteiger partial charge in [0.05, 0.1) is 6.67 Å². The van der Waals surface area contributed by atoms with Crippen LogP contribution in [0.3, 0.4) is 0 Å². The lowest BCUT2D eigenvalue weighted by Gasteiger charge is -2.31. The van der Waals surface area contributed by atoms with Gasteiger partial charge in [-0.15, -0.1) is 0 Å². The summed E-state index contributed by atoms with van der Waals surface area (Å²) in [7, 11) is -2.49. The summed E-state index contributed by atoms with van der Waals surface area (Å²) in [5, 5.41) is 0. The molecule has 0 aromatic carbocycles. The molecule has 5 heteroatoms. The molecular formula is C16H35FO3Si. The Bertz CT molecular complexity index is 213. The van der Waals surface area contributed by atoms with E-state index in [0.29, 0.717) is 19.6 Å². The van der Waals surface area contributed by atoms with Gasteiger partial charge in [0.25, 0.3) is 0 Å². The maximum absolute atomic E-state index is 12.0. The van der Waals surface area contributed by atoms with Crippen molar-refractivity contribution in [1.29, 1.82) is 0 Å². The second-order valence-electron chi connectivity index (χ2n) is 5.47. The Morgan fingerprint density at radius 1 is 0.905 bits per heavy atom. The molecule has 0 spiro atoms. The highest BCUT2D eigenvalue weighted by Crippen LogP contribution is 2.22. The Balaban J connectivity index is 4.10. The van der Waals surface area contributed by atoms with Crippen LogP contribution in [-0.4, -0.2) is 34.8 Å². The maximum atomic E-state index is 12.0. The van der Waals surface area contributed by atoms with Crippen LogP contribution in [-0.2, 0) is 13.3 Å². The molecule has 0 aromatic heterocycles. The van der Waals surface area contributed by atoms with Gasteiger partial charge in [-0.1, -0.05) is 39.0 Å². The van der Waals surface area contributed by atoms with E-state index in [1.165, 1.54) is 0 Å². The highest BCUT2D eigenvalue weighted by Gasteiger charge is 2.41. The van der Waals surface area contributed by atoms with Gasteiger partial charge in [0.1, 0.15) is 0 Å². The molecule has 0 aliphatic rings. The van der Waals surface area contributed by atoms with E-state index in [1.807, 2.05) is 13.8 Å². The van der Waals surface area contributed by atoms with Crippen LogP contribution >= 0.6 is 0 Å². The van der Waals surface area contributed by atoms with Crippen molar-refractivity contribution in [3.63, 3.8) is 0 Å². The summed E-state index contributed by atoms with van der Waals surface area (Å²) in [5.41, 5.74) is 0. The van der Waals surface area contributed by atoms with E-state index in [2.05, 4.69) is 13.8 Å². The van der Waals surface area contributed by atoms with Gasteiger partial charge in [-0.3, -0.25) is 4.39 Å². The van der Waals surface area contributed by atoms with Crippen LogP contribution in [0.15, 0.2) is 0 Å². The number of rotatable bonds is 15. The smallest absolute Gasteiger partial charge is 0.374 e. The third-order valence-electron chi connectivity index (χ3n) is 3.41. The fourth-order valence-electron chi connectivity index (χ4n) is 2.48. The van der Waals surface area contributed by atoms with Crippen molar-refractivity contribution in [3.05, 3.63) is 0 Å². The first-order valence-electron chi connectivity index (χ1n) is 8.65. The maximum Gasteiger partial charge on any atom is 0.501 e. The average molecular weight is 323 g/mol. The lowest BCUT2D eigenvalue weighted by Crippen LogP contribution is -2.48. The molecule has 0 rings (SSSR count). The van der Waals surface area contributed by atoms with Crippen molar-refractivity contribution in [2.24, 2.45) is 0 Å². The van der Waals surface area contributed by atoms with Crippen LogP contribution in [0.5, 0.6) is 0 Å². The van der Waals surface area contributed by atoms with Crippen molar-refractivity contribution in [2.75, 3.05) is 19.9 Å². The summed E-state index contributed by atoms with van der Waals surface area (Å²) >= 11 is 0. The number of unbranched alkanes of at least 4 members (excludes halogenated alkanes) is 4. The minimum atomic E-state index is -2.49. The summed E-state index contributed by atoms with van der Waals surface area (Å²) in [5.74, 6) is 0. The Morgan fingerprint density at radius 3 is 2.00 bits per heavy atom. The fourth-order valence-corrected chi connectivity index (χ4v) is 5.33. The second kappa shape index (κ2) is 13.7. The molecule has 0 saturated carbocycles. The number of alkyl halides is 1. The summed E-state index contributed by atoms with van der Waals surface area (Å²) in [6.45, 7) is 9.33. The van der Waals surface area contributed by atoms with Gasteiger partial charge in [0.15, 0.2) is 0 Å². The van der Waals surface area contributed by atoms with E-state index >= 15 is 0 Å². The van der Waals surface area contributed by atoms with Crippen LogP contribution in [0, 0.1) is 0 Å². The molecule has 128 valence electrons. The molecule has 1 atom stereocenters. The molecule has 1 unspecified atom stereocenters. The molecule has 0 aromatic rings. The Labute approximate surface area is 131 Å². The first-order valence-corrected chi connectivity index (χ1v) is 10.6. The Hall–Kier alpha value is 0.0269. The standard InChI is InChI=1S/C16H35FO3Si/c1-5-15-21(18-6-2,19-7-3)20-16(4)13-11-9-8-10-12-14-17/h16H,5-15H2,1-4H3. The van der Waals surface area contributed by atoms with Crippen molar-refractivity contribution in [1.82, 2.24) is 0 Å². The van der Waals surface area contributed by atoms with Crippen LogP contribution < -0.4 is 0 Å². The molecule has 0 fully saturated rings. The summed E-state index contributed by atoms with van der Waals surface area (Å²) in [6.07, 6.45) is 7.30. The molecule has 0 N–H and O–H groups in total. The van der Waals surface area contributed by atoms with Crippen molar-refractivity contribution in [3.8, 4) is 0 Å². The largest absolute Gasteiger partial charge is 0.501 e. The molecule has 0 heterocycles. The van der Waals surface area contributed by atoms with Crippen LogP contribution in [0.2, 0.25) is 6.04 Å². The minimum Gasteiger partial charge on any atom is -0.374 e. The first kappa shape index (κ1) is 21.0. The summed E-state index contributed by atoms with van der Waals surface area (Å²) in [6, 6.07) is 0.884. The lowest BCUT2D eigenvalue weighted by molar-refractivity contribution is 0.0346. The van der Waals surface area contributed by atoms with Gasteiger partial charge >= 0.3 is 8.80 Å². The predicted octanol–water partition coefficient (Wildman–Crippen LogP) is 5.12. The van der Waals surface area contributed by atoms with Crippen molar-refractivity contribution >= 4 is 8.80 Å². The minimum absolute atomic E-state index is 0.169. The van der Waals surface area contributed by atoms with E-state index in [1.54, 1.807) is 0 Å². The van der Waals surface area contributed by atoms with Gasteiger partial charge < -0.3 is 13.3 Å². The van der Waals surface area contributed by atoms with Gasteiger partial charge in [-0.25, -0.2) is 0 Å². The quantitative estimate of drug-likeness (QED) is 0.309. The van der Waals surface area contributed by atoms with E-state index in [9.17, 15) is 4.39 Å². The zero-order valence-corrected chi connectivity index (χ0v) is 15.5. The molecule has 0 bridgehead atoms. The lowest BCUT2D eigenvalue weighted by atomic mass is 10.1. The average Bonchev–Trinajstić information content (AvgIpc) is 2.43. The van der Waals surface area contributed by atoms with Gasteiger partial charge in [0.2, 0.25) is 0 Å².